The van der Waals surface area contributed by atoms with E-state index in [0.717, 1.165) is 25.1 Å². The van der Waals surface area contributed by atoms with E-state index in [-0.39, 0.29) is 0 Å². The molecular weight excluding hydrogens is 244 g/mol. The first-order valence-corrected chi connectivity index (χ1v) is 8.02. The van der Waals surface area contributed by atoms with Gasteiger partial charge in [0.1, 0.15) is 0 Å². The second kappa shape index (κ2) is 7.78. The summed E-state index contributed by atoms with van der Waals surface area (Å²) in [5.74, 6) is 0. The molecule has 0 spiro atoms. The Kier molecular flexibility index (Phi) is 6.67. The lowest BCUT2D eigenvalue weighted by molar-refractivity contribution is 0.191. The van der Waals surface area contributed by atoms with Crippen LogP contribution >= 0.6 is 0 Å². The molecule has 1 saturated heterocycles. The van der Waals surface area contributed by atoms with Crippen molar-refractivity contribution < 1.29 is 0 Å². The summed E-state index contributed by atoms with van der Waals surface area (Å²) in [6.07, 6.45) is 6.01. The van der Waals surface area contributed by atoms with E-state index in [2.05, 4.69) is 44.6 Å². The van der Waals surface area contributed by atoms with Crippen LogP contribution in [0.3, 0.4) is 0 Å². The molecular formula is C18H32N2. The molecule has 0 amide bonds. The fourth-order valence-electron chi connectivity index (χ4n) is 3.57. The lowest BCUT2D eigenvalue weighted by atomic mass is 9.71. The Balaban J connectivity index is 3.06. The van der Waals surface area contributed by atoms with Gasteiger partial charge in [0.05, 0.1) is 0 Å². The summed E-state index contributed by atoms with van der Waals surface area (Å²) in [4.78, 5) is 4.48. The van der Waals surface area contributed by atoms with Gasteiger partial charge >= 0.3 is 0 Å². The highest BCUT2D eigenvalue weighted by atomic mass is 14.9. The molecule has 0 aromatic carbocycles. The van der Waals surface area contributed by atoms with Crippen molar-refractivity contribution in [2.24, 2.45) is 10.4 Å². The molecule has 1 rings (SSSR count). The predicted octanol–water partition coefficient (Wildman–Crippen LogP) is 4.53. The number of hydrogen-bond donors (Lipinski definition) is 1. The summed E-state index contributed by atoms with van der Waals surface area (Å²) in [6.45, 7) is 15.4. The minimum atomic E-state index is 0.475. The van der Waals surface area contributed by atoms with Crippen LogP contribution in [0.4, 0.5) is 0 Å². The fourth-order valence-corrected chi connectivity index (χ4v) is 3.57. The predicted molar refractivity (Wildman–Crippen MR) is 90.6 cm³/mol. The van der Waals surface area contributed by atoms with Crippen molar-refractivity contribution in [1.82, 2.24) is 5.32 Å². The molecule has 0 aliphatic carbocycles. The van der Waals surface area contributed by atoms with Gasteiger partial charge in [0.25, 0.3) is 0 Å². The molecule has 0 radical (unpaired) electrons. The molecule has 0 saturated carbocycles. The van der Waals surface area contributed by atoms with Crippen LogP contribution in [0.2, 0.25) is 0 Å². The molecule has 20 heavy (non-hydrogen) atoms. The molecule has 1 aliphatic heterocycles. The van der Waals surface area contributed by atoms with Gasteiger partial charge in [-0.1, -0.05) is 32.4 Å². The number of hydrogen-bond acceptors (Lipinski definition) is 2. The maximum Gasteiger partial charge on any atom is 0.0416 e. The van der Waals surface area contributed by atoms with Gasteiger partial charge in [-0.25, -0.2) is 0 Å². The molecule has 0 aromatic rings. The summed E-state index contributed by atoms with van der Waals surface area (Å²) in [6, 6.07) is 0. The van der Waals surface area contributed by atoms with Crippen LogP contribution in [-0.2, 0) is 0 Å². The second-order valence-corrected chi connectivity index (χ2v) is 6.24. The third-order valence-corrected chi connectivity index (χ3v) is 4.80. The van der Waals surface area contributed by atoms with Gasteiger partial charge in [0.15, 0.2) is 0 Å². The van der Waals surface area contributed by atoms with Gasteiger partial charge in [-0.2, -0.15) is 0 Å². The smallest absolute Gasteiger partial charge is 0.0416 e. The fraction of sp³-hybridized carbons (Fsp3) is 0.722. The molecule has 2 nitrogen and oxygen atoms in total. The third kappa shape index (κ3) is 4.05. The molecule has 0 aromatic heterocycles. The number of rotatable bonds is 6. The molecule has 0 bridgehead atoms. The highest BCUT2D eigenvalue weighted by Crippen LogP contribution is 2.40. The Morgan fingerprint density at radius 2 is 1.80 bits per heavy atom. The highest BCUT2D eigenvalue weighted by molar-refractivity contribution is 6.04. The number of nitrogens with one attached hydrogen (secondary N) is 1. The average Bonchev–Trinajstić information content (AvgIpc) is 2.44. The zero-order chi connectivity index (χ0) is 15.2. The Hall–Kier alpha value is -0.890. The number of nitrogens with zero attached hydrogens (tertiary/aromatic N) is 1. The average molecular weight is 276 g/mol. The second-order valence-electron chi connectivity index (χ2n) is 6.24. The van der Waals surface area contributed by atoms with Gasteiger partial charge in [-0.15, -0.1) is 0 Å². The first-order chi connectivity index (χ1) is 9.49. The van der Waals surface area contributed by atoms with E-state index in [9.17, 15) is 0 Å². The van der Waals surface area contributed by atoms with Crippen LogP contribution in [0.25, 0.3) is 0 Å². The van der Waals surface area contributed by atoms with E-state index in [1.54, 1.807) is 0 Å². The first-order valence-electron chi connectivity index (χ1n) is 8.02. The Morgan fingerprint density at radius 1 is 1.20 bits per heavy atom. The van der Waals surface area contributed by atoms with E-state index in [0.29, 0.717) is 5.41 Å². The van der Waals surface area contributed by atoms with Crippen LogP contribution in [0.15, 0.2) is 28.3 Å². The van der Waals surface area contributed by atoms with E-state index in [1.807, 2.05) is 7.05 Å². The van der Waals surface area contributed by atoms with Crippen molar-refractivity contribution in [3.63, 3.8) is 0 Å². The summed E-state index contributed by atoms with van der Waals surface area (Å²) < 4.78 is 0. The molecule has 2 heteroatoms. The quantitative estimate of drug-likeness (QED) is 0.559. The van der Waals surface area contributed by atoms with Crippen molar-refractivity contribution in [2.75, 3.05) is 20.1 Å². The highest BCUT2D eigenvalue weighted by Gasteiger charge is 2.31. The van der Waals surface area contributed by atoms with E-state index in [1.165, 1.54) is 42.5 Å². The van der Waals surface area contributed by atoms with Crippen molar-refractivity contribution in [3.8, 4) is 0 Å². The number of aliphatic imine (C=N–C) groups is 1. The molecule has 1 heterocycles. The number of allylic oxidation sites excluding steroid dienone is 3. The van der Waals surface area contributed by atoms with E-state index in [4.69, 9.17) is 0 Å². The van der Waals surface area contributed by atoms with E-state index >= 15 is 0 Å². The van der Waals surface area contributed by atoms with Crippen molar-refractivity contribution in [3.05, 3.63) is 23.3 Å². The first kappa shape index (κ1) is 17.2. The van der Waals surface area contributed by atoms with Crippen molar-refractivity contribution in [2.45, 2.75) is 59.8 Å². The normalized spacial score (nSPS) is 20.6. The van der Waals surface area contributed by atoms with Crippen LogP contribution in [0.5, 0.6) is 0 Å². The van der Waals surface area contributed by atoms with E-state index < -0.39 is 0 Å². The Labute approximate surface area is 125 Å². The molecule has 1 N–H and O–H groups in total. The van der Waals surface area contributed by atoms with Crippen molar-refractivity contribution in [1.29, 1.82) is 0 Å². The zero-order valence-corrected chi connectivity index (χ0v) is 14.1. The standard InChI is InChI=1S/C18H32N2/c1-7-16(19-6)17(14(3)4)15(5)13-18(8-2)9-11-20-12-10-18/h20H,3,7-13H2,1-2,4-6H3/b17-15+,19-16?. The third-order valence-electron chi connectivity index (χ3n) is 4.80. The molecule has 0 unspecified atom stereocenters. The van der Waals surface area contributed by atoms with Gasteiger partial charge in [-0.3, -0.25) is 4.99 Å². The SMILES string of the molecule is C=C(C)/C(C(CC)=NC)=C(/C)CC1(CC)CCNCC1. The minimum absolute atomic E-state index is 0.475. The van der Waals surface area contributed by atoms with Gasteiger partial charge in [0, 0.05) is 12.8 Å². The Morgan fingerprint density at radius 3 is 2.20 bits per heavy atom. The molecule has 1 fully saturated rings. The number of piperidine rings is 1. The topological polar surface area (TPSA) is 24.4 Å². The minimum Gasteiger partial charge on any atom is -0.317 e. The summed E-state index contributed by atoms with van der Waals surface area (Å²) in [5, 5.41) is 3.49. The van der Waals surface area contributed by atoms with Crippen LogP contribution in [0.1, 0.15) is 59.8 Å². The largest absolute Gasteiger partial charge is 0.317 e. The molecule has 114 valence electrons. The Bertz CT molecular complexity index is 396. The lowest BCUT2D eigenvalue weighted by Gasteiger charge is -2.38. The maximum absolute atomic E-state index is 4.48. The van der Waals surface area contributed by atoms with Crippen LogP contribution in [-0.4, -0.2) is 25.8 Å². The van der Waals surface area contributed by atoms with Gasteiger partial charge in [-0.05, 0) is 69.2 Å². The lowest BCUT2D eigenvalue weighted by Crippen LogP contribution is -2.36. The van der Waals surface area contributed by atoms with Crippen LogP contribution < -0.4 is 5.32 Å². The summed E-state index contributed by atoms with van der Waals surface area (Å²) in [7, 11) is 1.90. The van der Waals surface area contributed by atoms with Gasteiger partial charge in [0.2, 0.25) is 0 Å². The summed E-state index contributed by atoms with van der Waals surface area (Å²) in [5.41, 5.74) is 5.63. The molecule has 1 aliphatic rings. The van der Waals surface area contributed by atoms with Gasteiger partial charge < -0.3 is 5.32 Å². The monoisotopic (exact) mass is 276 g/mol. The van der Waals surface area contributed by atoms with Crippen LogP contribution in [0, 0.1) is 5.41 Å². The van der Waals surface area contributed by atoms with Crippen molar-refractivity contribution >= 4 is 5.71 Å². The summed E-state index contributed by atoms with van der Waals surface area (Å²) >= 11 is 0. The zero-order valence-electron chi connectivity index (χ0n) is 14.1. The maximum atomic E-state index is 4.48. The molecule has 0 atom stereocenters.